The molecular formula is C91H75BN2O. The largest absolute Gasteiger partial charge is 0.458 e. The molecule has 0 spiro atoms. The van der Waals surface area contributed by atoms with Gasteiger partial charge in [-0.15, -0.1) is 0 Å². The molecule has 4 heteroatoms. The average molecular weight is 1220 g/mol. The van der Waals surface area contributed by atoms with Gasteiger partial charge in [0.1, 0.15) is 11.5 Å². The molecule has 0 atom stereocenters. The van der Waals surface area contributed by atoms with Gasteiger partial charge in [-0.3, -0.25) is 0 Å². The summed E-state index contributed by atoms with van der Waals surface area (Å²) in [6, 6.07) is 110. The van der Waals surface area contributed by atoms with Crippen LogP contribution in [0.1, 0.15) is 101 Å². The van der Waals surface area contributed by atoms with Gasteiger partial charge in [-0.25, -0.2) is 0 Å². The number of para-hydroxylation sites is 1. The molecule has 3 heterocycles. The number of anilines is 3. The maximum absolute atomic E-state index is 7.79. The van der Waals surface area contributed by atoms with Crippen molar-refractivity contribution in [2.75, 3.05) is 4.90 Å². The summed E-state index contributed by atoms with van der Waals surface area (Å²) < 4.78 is 10.3. The zero-order valence-corrected chi connectivity index (χ0v) is 55.6. The van der Waals surface area contributed by atoms with Crippen molar-refractivity contribution in [2.24, 2.45) is 0 Å². The van der Waals surface area contributed by atoms with E-state index in [-0.39, 0.29) is 23.0 Å². The lowest BCUT2D eigenvalue weighted by atomic mass is 9.34. The van der Waals surface area contributed by atoms with Crippen molar-refractivity contribution in [3.8, 4) is 72.8 Å². The summed E-state index contributed by atoms with van der Waals surface area (Å²) in [6.45, 7) is 20.6. The predicted molar refractivity (Wildman–Crippen MR) is 402 cm³/mol. The molecule has 0 saturated carbocycles. The highest BCUT2D eigenvalue weighted by Gasteiger charge is 2.49. The van der Waals surface area contributed by atoms with E-state index in [4.69, 9.17) is 4.74 Å². The lowest BCUT2D eigenvalue weighted by Crippen LogP contribution is -2.59. The van der Waals surface area contributed by atoms with Crippen LogP contribution in [-0.4, -0.2) is 11.3 Å². The van der Waals surface area contributed by atoms with E-state index in [1.54, 1.807) is 0 Å². The van der Waals surface area contributed by atoms with Gasteiger partial charge in [0, 0.05) is 39.0 Å². The van der Waals surface area contributed by atoms with E-state index in [1.807, 2.05) is 0 Å². The van der Waals surface area contributed by atoms with Crippen molar-refractivity contribution in [2.45, 2.75) is 84.0 Å². The molecule has 95 heavy (non-hydrogen) atoms. The topological polar surface area (TPSA) is 17.4 Å². The maximum atomic E-state index is 7.79. The molecule has 13 aromatic carbocycles. The van der Waals surface area contributed by atoms with Crippen LogP contribution in [0, 0.1) is 0 Å². The molecular weight excluding hydrogens is 1150 g/mol. The second-order valence-corrected chi connectivity index (χ2v) is 29.6. The van der Waals surface area contributed by atoms with E-state index in [1.165, 1.54) is 82.9 Å². The molecule has 458 valence electrons. The van der Waals surface area contributed by atoms with Gasteiger partial charge in [0.05, 0.1) is 22.1 Å². The minimum Gasteiger partial charge on any atom is -0.458 e. The van der Waals surface area contributed by atoms with Crippen molar-refractivity contribution in [1.82, 2.24) is 4.57 Å². The first-order valence-electron chi connectivity index (χ1n) is 33.8. The first-order chi connectivity index (χ1) is 46.0. The van der Waals surface area contributed by atoms with Crippen LogP contribution in [0.5, 0.6) is 11.5 Å². The fourth-order valence-corrected chi connectivity index (χ4v) is 16.1. The molecule has 0 amide bonds. The van der Waals surface area contributed by atoms with Crippen LogP contribution in [0.4, 0.5) is 17.1 Å². The molecule has 0 bridgehead atoms. The summed E-state index contributed by atoms with van der Waals surface area (Å²) in [4.78, 5) is 2.64. The standard InChI is InChI=1S/C91H75BN2O/c1-88(2,3)65-36-24-31-60(51-65)61-43-47-78-83(53-61)95-84-54-62(69-38-25-41-73-72-37-22-23-42-76(72)91(85(69)73,63-32-18-12-19-33-63)64-34-20-13-21-35-64)52-82-86(84)92(78)77-48-46-68(93-79-49-44-66(89(4,5)6)55-74(79)75-56-67(90(7,8)9)45-50-80(75)93)57-81(77)94(82)87-70(58-27-14-10-15-28-58)39-26-40-71(87)59-29-16-11-17-30-59/h10-57H,1-9H3. The number of ether oxygens (including phenoxy) is 1. The molecule has 3 nitrogen and oxygen atoms in total. The fourth-order valence-electron chi connectivity index (χ4n) is 16.1. The highest BCUT2D eigenvalue weighted by molar-refractivity contribution is 6.99. The third kappa shape index (κ3) is 9.23. The Morgan fingerprint density at radius 3 is 1.42 bits per heavy atom. The number of fused-ring (bicyclic) bond motifs is 10. The van der Waals surface area contributed by atoms with Gasteiger partial charge < -0.3 is 14.2 Å². The number of aromatic nitrogens is 1. The molecule has 17 rings (SSSR count). The summed E-state index contributed by atoms with van der Waals surface area (Å²) in [5, 5.41) is 2.52. The normalized spacial score (nSPS) is 13.7. The zero-order valence-electron chi connectivity index (χ0n) is 55.6. The van der Waals surface area contributed by atoms with Gasteiger partial charge in [0.25, 0.3) is 6.71 Å². The highest BCUT2D eigenvalue weighted by Crippen LogP contribution is 2.60. The van der Waals surface area contributed by atoms with Crippen LogP contribution >= 0.6 is 0 Å². The Labute approximate surface area is 559 Å². The van der Waals surface area contributed by atoms with Gasteiger partial charge in [-0.2, -0.15) is 0 Å². The third-order valence-corrected chi connectivity index (χ3v) is 20.8. The molecule has 14 aromatic rings. The molecule has 0 saturated heterocycles. The predicted octanol–water partition coefficient (Wildman–Crippen LogP) is 22.1. The lowest BCUT2D eigenvalue weighted by molar-refractivity contribution is 0.488. The molecule has 0 N–H and O–H groups in total. The second kappa shape index (κ2) is 21.7. The molecule has 0 radical (unpaired) electrons. The molecule has 3 aliphatic rings. The Balaban J connectivity index is 1.01. The van der Waals surface area contributed by atoms with Crippen molar-refractivity contribution < 1.29 is 4.74 Å². The first-order valence-corrected chi connectivity index (χ1v) is 33.8. The number of hydrogen-bond acceptors (Lipinski definition) is 2. The Kier molecular flexibility index (Phi) is 13.3. The summed E-state index contributed by atoms with van der Waals surface area (Å²) in [5.74, 6) is 1.71. The maximum Gasteiger partial charge on any atom is 0.256 e. The van der Waals surface area contributed by atoms with Crippen molar-refractivity contribution in [1.29, 1.82) is 0 Å². The molecule has 2 aliphatic heterocycles. The number of nitrogens with zero attached hydrogens (tertiary/aromatic N) is 2. The van der Waals surface area contributed by atoms with E-state index in [2.05, 4.69) is 363 Å². The molecule has 1 aliphatic carbocycles. The SMILES string of the molecule is CC(C)(C)c1cccc(-c2ccc3c(c2)Oc2cc(-c4cccc5c4C(c4ccccc4)(c4ccccc4)c4ccccc4-5)cc4c2B3c2ccc(-n3c5ccc(C(C)(C)C)cc5c5cc(C(C)(C)C)ccc53)cc2N4c2c(-c3ccccc3)cccc2-c2ccccc2)c1. The minimum absolute atomic E-state index is 0.0238. The minimum atomic E-state index is -0.671. The fraction of sp³-hybridized carbons (Fsp3) is 0.143. The van der Waals surface area contributed by atoms with E-state index < -0.39 is 5.41 Å². The molecule has 1 aromatic heterocycles. The number of hydrogen-bond donors (Lipinski definition) is 0. The van der Waals surface area contributed by atoms with Gasteiger partial charge in [-0.05, 0) is 171 Å². The van der Waals surface area contributed by atoms with Crippen LogP contribution in [0.25, 0.3) is 83.1 Å². The van der Waals surface area contributed by atoms with Crippen LogP contribution < -0.4 is 26.0 Å². The van der Waals surface area contributed by atoms with Crippen LogP contribution in [0.3, 0.4) is 0 Å². The molecule has 0 unspecified atom stereocenters. The van der Waals surface area contributed by atoms with E-state index in [0.29, 0.717) is 0 Å². The van der Waals surface area contributed by atoms with Crippen molar-refractivity contribution >= 4 is 62.0 Å². The first kappa shape index (κ1) is 58.2. The zero-order chi connectivity index (χ0) is 64.7. The lowest BCUT2D eigenvalue weighted by Gasteiger charge is -2.42. The Morgan fingerprint density at radius 2 is 0.821 bits per heavy atom. The van der Waals surface area contributed by atoms with E-state index in [9.17, 15) is 0 Å². The number of rotatable bonds is 8. The molecule has 0 fully saturated rings. The Bertz CT molecular complexity index is 5220. The summed E-state index contributed by atoms with van der Waals surface area (Å²) in [6.07, 6.45) is 0. The smallest absolute Gasteiger partial charge is 0.256 e. The summed E-state index contributed by atoms with van der Waals surface area (Å²) >= 11 is 0. The van der Waals surface area contributed by atoms with Crippen LogP contribution in [-0.2, 0) is 21.7 Å². The third-order valence-electron chi connectivity index (χ3n) is 20.8. The van der Waals surface area contributed by atoms with E-state index in [0.717, 1.165) is 84.1 Å². The van der Waals surface area contributed by atoms with Crippen LogP contribution in [0.15, 0.2) is 291 Å². The Morgan fingerprint density at radius 1 is 0.337 bits per heavy atom. The highest BCUT2D eigenvalue weighted by atomic mass is 16.5. The summed E-state index contributed by atoms with van der Waals surface area (Å²) in [7, 11) is 0. The average Bonchev–Trinajstić information content (AvgIpc) is 1.68. The quantitative estimate of drug-likeness (QED) is 0.141. The van der Waals surface area contributed by atoms with Crippen LogP contribution in [0.2, 0.25) is 0 Å². The van der Waals surface area contributed by atoms with Gasteiger partial charge in [0.2, 0.25) is 0 Å². The van der Waals surface area contributed by atoms with Gasteiger partial charge >= 0.3 is 0 Å². The van der Waals surface area contributed by atoms with Crippen molar-refractivity contribution in [3.05, 3.63) is 330 Å². The van der Waals surface area contributed by atoms with Crippen molar-refractivity contribution in [3.63, 3.8) is 0 Å². The van der Waals surface area contributed by atoms with Gasteiger partial charge in [0.15, 0.2) is 0 Å². The van der Waals surface area contributed by atoms with Gasteiger partial charge in [-0.1, -0.05) is 299 Å². The monoisotopic (exact) mass is 1220 g/mol. The second-order valence-electron chi connectivity index (χ2n) is 29.6. The number of benzene rings is 13. The summed E-state index contributed by atoms with van der Waals surface area (Å²) in [5.41, 5.74) is 29.9. The Hall–Kier alpha value is -10.7. The van der Waals surface area contributed by atoms with E-state index >= 15 is 0 Å².